The first-order valence-corrected chi connectivity index (χ1v) is 5.60. The Balaban J connectivity index is 0. The van der Waals surface area contributed by atoms with Crippen molar-refractivity contribution in [3.63, 3.8) is 0 Å². The zero-order valence-corrected chi connectivity index (χ0v) is 16.5. The average Bonchev–Trinajstić information content (AvgIpc) is 2.76. The van der Waals surface area contributed by atoms with Gasteiger partial charge in [-0.15, -0.1) is 17.0 Å². The molecule has 0 bridgehead atoms. The number of methoxy groups -OCH3 is 4. The Labute approximate surface area is 156 Å². The molecule has 0 N–H and O–H groups in total. The maximum absolute atomic E-state index is 5.44. The molecule has 0 aliphatic heterocycles. The summed E-state index contributed by atoms with van der Waals surface area (Å²) in [7, 11) is 6.40. The van der Waals surface area contributed by atoms with E-state index in [4.69, 9.17) is 18.9 Å². The van der Waals surface area contributed by atoms with Crippen LogP contribution in [0.1, 0.15) is 5.56 Å². The Bertz CT molecular complexity index is 535. The molecular weight excluding hydrogens is 394 g/mol. The van der Waals surface area contributed by atoms with Crippen molar-refractivity contribution in [2.24, 2.45) is 0 Å². The van der Waals surface area contributed by atoms with Crippen molar-refractivity contribution >= 4 is 10.8 Å². The molecular formula is C14H17Cl2O4Zr. The first-order valence-electron chi connectivity index (χ1n) is 5.60. The van der Waals surface area contributed by atoms with E-state index in [0.29, 0.717) is 23.0 Å². The summed E-state index contributed by atoms with van der Waals surface area (Å²) in [6.45, 7) is 2.03. The van der Waals surface area contributed by atoms with E-state index in [2.05, 4.69) is 0 Å². The van der Waals surface area contributed by atoms with Crippen molar-refractivity contribution in [2.45, 2.75) is 6.92 Å². The Morgan fingerprint density at radius 3 is 1.62 bits per heavy atom. The Hall–Kier alpha value is -0.507. The summed E-state index contributed by atoms with van der Waals surface area (Å²) in [4.78, 5) is 0. The molecule has 115 valence electrons. The summed E-state index contributed by atoms with van der Waals surface area (Å²) in [5.74, 6) is 2.43. The molecule has 4 nitrogen and oxygen atoms in total. The summed E-state index contributed by atoms with van der Waals surface area (Å²) in [6.07, 6.45) is 0. The molecule has 7 heteroatoms. The van der Waals surface area contributed by atoms with E-state index in [1.165, 1.54) is 0 Å². The van der Waals surface area contributed by atoms with E-state index in [0.717, 1.165) is 16.3 Å². The zero-order valence-electron chi connectivity index (χ0n) is 12.5. The predicted octanol–water partition coefficient (Wildman–Crippen LogP) is -3.09. The number of halogens is 2. The second kappa shape index (κ2) is 9.50. The molecule has 21 heavy (non-hydrogen) atoms. The fourth-order valence-electron chi connectivity index (χ4n) is 2.26. The van der Waals surface area contributed by atoms with Gasteiger partial charge in [0.2, 0.25) is 0 Å². The average molecular weight is 411 g/mol. The molecule has 0 atom stereocenters. The van der Waals surface area contributed by atoms with Crippen LogP contribution < -0.4 is 43.8 Å². The van der Waals surface area contributed by atoms with Crippen LogP contribution >= 0.6 is 0 Å². The van der Waals surface area contributed by atoms with Crippen LogP contribution in [-0.4, -0.2) is 28.4 Å². The van der Waals surface area contributed by atoms with Crippen LogP contribution in [0.5, 0.6) is 23.0 Å². The van der Waals surface area contributed by atoms with Crippen molar-refractivity contribution in [3.05, 3.63) is 17.7 Å². The molecule has 0 aromatic heterocycles. The molecule has 0 spiro atoms. The van der Waals surface area contributed by atoms with E-state index in [1.54, 1.807) is 28.4 Å². The van der Waals surface area contributed by atoms with Gasteiger partial charge in [0, 0.05) is 0 Å². The fourth-order valence-corrected chi connectivity index (χ4v) is 2.26. The predicted molar refractivity (Wildman–Crippen MR) is 70.5 cm³/mol. The second-order valence-corrected chi connectivity index (χ2v) is 3.99. The minimum atomic E-state index is 0. The van der Waals surface area contributed by atoms with Gasteiger partial charge in [0.05, 0.1) is 34.2 Å². The van der Waals surface area contributed by atoms with Crippen LogP contribution in [0, 0.1) is 6.92 Å². The minimum Gasteiger partial charge on any atom is -1.00 e. The smallest absolute Gasteiger partial charge is 1.00 e. The fraction of sp³-hybridized carbons (Fsp3) is 0.357. The van der Waals surface area contributed by atoms with Gasteiger partial charge in [-0.1, -0.05) is 12.3 Å². The standard InChI is InChI=1S/C14H17O4.2ClH.Zr/c1-8-6-9-10(7-8)12(16-3)14(18-5)13(17-4)11(9)15-2;;;/h6-7H,1-5H3;2*1H;/q-1;;;+3/p-2. The number of benzene rings is 1. The number of hydrogen-bond acceptors (Lipinski definition) is 4. The van der Waals surface area contributed by atoms with Gasteiger partial charge < -0.3 is 43.8 Å². The van der Waals surface area contributed by atoms with Crippen LogP contribution in [0.3, 0.4) is 0 Å². The van der Waals surface area contributed by atoms with Crippen molar-refractivity contribution in [1.82, 2.24) is 0 Å². The summed E-state index contributed by atoms with van der Waals surface area (Å²) >= 11 is 0. The number of ether oxygens (including phenoxy) is 4. The first-order chi connectivity index (χ1) is 8.67. The molecule has 1 radical (unpaired) electrons. The normalized spacial score (nSPS) is 9.00. The van der Waals surface area contributed by atoms with E-state index in [1.807, 2.05) is 19.1 Å². The van der Waals surface area contributed by atoms with Crippen LogP contribution in [-0.2, 0) is 26.2 Å². The van der Waals surface area contributed by atoms with E-state index < -0.39 is 0 Å². The molecule has 0 saturated carbocycles. The molecule has 2 aromatic carbocycles. The zero-order chi connectivity index (χ0) is 13.3. The third kappa shape index (κ3) is 3.82. The summed E-state index contributed by atoms with van der Waals surface area (Å²) < 4.78 is 21.7. The van der Waals surface area contributed by atoms with Gasteiger partial charge >= 0.3 is 26.2 Å². The van der Waals surface area contributed by atoms with Crippen LogP contribution in [0.4, 0.5) is 0 Å². The number of fused-ring (bicyclic) bond motifs is 1. The maximum atomic E-state index is 5.44. The molecule has 2 aromatic rings. The topological polar surface area (TPSA) is 36.9 Å². The monoisotopic (exact) mass is 409 g/mol. The number of hydrogen-bond donors (Lipinski definition) is 0. The van der Waals surface area contributed by atoms with E-state index in [9.17, 15) is 0 Å². The summed E-state index contributed by atoms with van der Waals surface area (Å²) in [6, 6.07) is 4.08. The molecule has 0 heterocycles. The number of rotatable bonds is 4. The van der Waals surface area contributed by atoms with E-state index in [-0.39, 0.29) is 51.0 Å². The van der Waals surface area contributed by atoms with Crippen molar-refractivity contribution < 1.29 is 70.0 Å². The number of aryl methyl sites for hydroxylation is 1. The van der Waals surface area contributed by atoms with Gasteiger partial charge in [-0.2, -0.15) is 6.07 Å². The minimum absolute atomic E-state index is 0. The third-order valence-electron chi connectivity index (χ3n) is 2.96. The van der Waals surface area contributed by atoms with Gasteiger partial charge in [0.15, 0.2) is 11.5 Å². The SMILES string of the molecule is COc1c(OC)c(OC)c2[cH-]c(C)cc2c1OC.[Cl-].[Cl-].[Zr+3]. The molecule has 0 unspecified atom stereocenters. The molecule has 0 amide bonds. The van der Waals surface area contributed by atoms with Crippen molar-refractivity contribution in [1.29, 1.82) is 0 Å². The van der Waals surface area contributed by atoms with Crippen molar-refractivity contribution in [3.8, 4) is 23.0 Å². The Kier molecular flexibility index (Phi) is 10.3. The molecule has 0 fully saturated rings. The molecule has 0 saturated heterocycles. The van der Waals surface area contributed by atoms with Crippen LogP contribution in [0.25, 0.3) is 10.8 Å². The Morgan fingerprint density at radius 2 is 1.19 bits per heavy atom. The van der Waals surface area contributed by atoms with Crippen molar-refractivity contribution in [2.75, 3.05) is 28.4 Å². The quantitative estimate of drug-likeness (QED) is 0.500. The molecule has 0 aliphatic carbocycles. The summed E-state index contributed by atoms with van der Waals surface area (Å²) in [5.41, 5.74) is 1.14. The van der Waals surface area contributed by atoms with Gasteiger partial charge in [0.25, 0.3) is 0 Å². The maximum Gasteiger partial charge on any atom is 3.00 e. The van der Waals surface area contributed by atoms with E-state index >= 15 is 0 Å². The molecule has 0 aliphatic rings. The Morgan fingerprint density at radius 1 is 0.762 bits per heavy atom. The third-order valence-corrected chi connectivity index (χ3v) is 2.96. The van der Waals surface area contributed by atoms with Gasteiger partial charge in [0.1, 0.15) is 5.75 Å². The van der Waals surface area contributed by atoms with Gasteiger partial charge in [-0.05, 0) is 0 Å². The first kappa shape index (κ1) is 22.8. The van der Waals surface area contributed by atoms with Crippen LogP contribution in [0.15, 0.2) is 12.1 Å². The van der Waals surface area contributed by atoms with Crippen LogP contribution in [0.2, 0.25) is 0 Å². The molecule has 2 rings (SSSR count). The largest absolute Gasteiger partial charge is 3.00 e. The second-order valence-electron chi connectivity index (χ2n) is 3.99. The van der Waals surface area contributed by atoms with Gasteiger partial charge in [-0.25, -0.2) is 0 Å². The summed E-state index contributed by atoms with van der Waals surface area (Å²) in [5, 5.41) is 1.93. The van der Waals surface area contributed by atoms with Gasteiger partial charge in [-0.3, -0.25) is 0 Å².